The lowest BCUT2D eigenvalue weighted by atomic mass is 9.89. The van der Waals surface area contributed by atoms with Gasteiger partial charge in [-0.2, -0.15) is 0 Å². The molecule has 2 N–H and O–H groups in total. The molecular formula is C35H34N2O5. The molecule has 7 nitrogen and oxygen atoms in total. The molecule has 1 atom stereocenters. The lowest BCUT2D eigenvalue weighted by Gasteiger charge is -2.24. The summed E-state index contributed by atoms with van der Waals surface area (Å²) in [6.07, 6.45) is -0.538. The van der Waals surface area contributed by atoms with Crippen LogP contribution in [-0.4, -0.2) is 36.7 Å². The second-order valence-electron chi connectivity index (χ2n) is 11.3. The number of alkyl carbamates (subject to hydrolysis) is 1. The summed E-state index contributed by atoms with van der Waals surface area (Å²) in [7, 11) is 1.27. The molecule has 0 heterocycles. The molecule has 0 saturated carbocycles. The SMILES string of the molecule is COC(=O)/C(NC(=O)C(Cc1ccccc1)NC(=O)OC(C)(C)C)=C(/C)c1ccc2ccc3cccc4ccc1c2c34. The third kappa shape index (κ3) is 5.91. The fraction of sp³-hybridized carbons (Fsp3) is 0.229. The molecule has 214 valence electrons. The molecule has 0 fully saturated rings. The first-order valence-corrected chi connectivity index (χ1v) is 13.9. The van der Waals surface area contributed by atoms with Gasteiger partial charge in [0.2, 0.25) is 5.91 Å². The minimum absolute atomic E-state index is 0.00147. The van der Waals surface area contributed by atoms with Crippen LogP contribution in [0.5, 0.6) is 0 Å². The zero-order chi connectivity index (χ0) is 30.0. The second kappa shape index (κ2) is 11.5. The van der Waals surface area contributed by atoms with Crippen molar-refractivity contribution in [3.8, 4) is 0 Å². The van der Waals surface area contributed by atoms with Crippen LogP contribution in [0.25, 0.3) is 37.9 Å². The molecule has 5 rings (SSSR count). The van der Waals surface area contributed by atoms with Gasteiger partial charge < -0.3 is 20.1 Å². The van der Waals surface area contributed by atoms with Gasteiger partial charge >= 0.3 is 12.1 Å². The van der Waals surface area contributed by atoms with E-state index in [-0.39, 0.29) is 12.1 Å². The minimum atomic E-state index is -1.02. The van der Waals surface area contributed by atoms with E-state index in [0.29, 0.717) is 5.57 Å². The Hall–Kier alpha value is -4.91. The molecule has 0 saturated heterocycles. The lowest BCUT2D eigenvalue weighted by Crippen LogP contribution is -2.49. The zero-order valence-corrected chi connectivity index (χ0v) is 24.4. The van der Waals surface area contributed by atoms with Crippen LogP contribution in [0.2, 0.25) is 0 Å². The Balaban J connectivity index is 1.56. The van der Waals surface area contributed by atoms with Crippen molar-refractivity contribution in [3.63, 3.8) is 0 Å². The molecule has 0 aliphatic carbocycles. The number of allylic oxidation sites excluding steroid dienone is 1. The molecule has 0 aliphatic rings. The van der Waals surface area contributed by atoms with E-state index >= 15 is 0 Å². The van der Waals surface area contributed by atoms with Crippen molar-refractivity contribution in [1.82, 2.24) is 10.6 Å². The summed E-state index contributed by atoms with van der Waals surface area (Å²) < 4.78 is 10.5. The van der Waals surface area contributed by atoms with Crippen LogP contribution in [0.15, 0.2) is 90.6 Å². The molecule has 5 aromatic carbocycles. The Kier molecular flexibility index (Phi) is 7.85. The van der Waals surface area contributed by atoms with Crippen LogP contribution in [-0.2, 0) is 25.5 Å². The largest absolute Gasteiger partial charge is 0.464 e. The van der Waals surface area contributed by atoms with Crippen molar-refractivity contribution in [3.05, 3.63) is 102 Å². The third-order valence-electron chi connectivity index (χ3n) is 7.24. The van der Waals surface area contributed by atoms with Crippen LogP contribution >= 0.6 is 0 Å². The van der Waals surface area contributed by atoms with Gasteiger partial charge in [0.05, 0.1) is 7.11 Å². The van der Waals surface area contributed by atoms with Gasteiger partial charge in [-0.15, -0.1) is 0 Å². The van der Waals surface area contributed by atoms with Crippen molar-refractivity contribution in [2.45, 2.75) is 45.8 Å². The van der Waals surface area contributed by atoms with E-state index in [0.717, 1.165) is 43.4 Å². The van der Waals surface area contributed by atoms with E-state index in [1.54, 1.807) is 27.7 Å². The number of benzene rings is 5. The smallest absolute Gasteiger partial charge is 0.408 e. The predicted molar refractivity (Wildman–Crippen MR) is 166 cm³/mol. The number of amides is 2. The highest BCUT2D eigenvalue weighted by molar-refractivity contribution is 6.25. The molecule has 0 aliphatic heterocycles. The Morgan fingerprint density at radius 3 is 2.05 bits per heavy atom. The van der Waals surface area contributed by atoms with Crippen molar-refractivity contribution < 1.29 is 23.9 Å². The van der Waals surface area contributed by atoms with Crippen LogP contribution in [0.4, 0.5) is 4.79 Å². The number of esters is 1. The quantitative estimate of drug-likeness (QED) is 0.130. The number of rotatable bonds is 7. The second-order valence-corrected chi connectivity index (χ2v) is 11.3. The highest BCUT2D eigenvalue weighted by atomic mass is 16.6. The first kappa shape index (κ1) is 28.6. The number of methoxy groups -OCH3 is 1. The average Bonchev–Trinajstić information content (AvgIpc) is 2.97. The summed E-state index contributed by atoms with van der Waals surface area (Å²) in [4.78, 5) is 39.5. The maximum atomic E-state index is 13.7. The molecule has 0 bridgehead atoms. The molecule has 1 unspecified atom stereocenters. The Bertz CT molecular complexity index is 1800. The van der Waals surface area contributed by atoms with Crippen molar-refractivity contribution in [2.75, 3.05) is 7.11 Å². The van der Waals surface area contributed by atoms with Gasteiger partial charge in [-0.05, 0) is 76.7 Å². The minimum Gasteiger partial charge on any atom is -0.464 e. The molecule has 0 spiro atoms. The van der Waals surface area contributed by atoms with Crippen molar-refractivity contribution in [2.24, 2.45) is 0 Å². The van der Waals surface area contributed by atoms with Gasteiger partial charge in [0.25, 0.3) is 0 Å². The number of nitrogens with one attached hydrogen (secondary N) is 2. The number of ether oxygens (including phenoxy) is 2. The first-order valence-electron chi connectivity index (χ1n) is 13.9. The maximum Gasteiger partial charge on any atom is 0.408 e. The summed E-state index contributed by atoms with van der Waals surface area (Å²) in [5.41, 5.74) is 1.42. The van der Waals surface area contributed by atoms with Gasteiger partial charge in [-0.3, -0.25) is 4.79 Å². The van der Waals surface area contributed by atoms with E-state index in [9.17, 15) is 14.4 Å². The maximum absolute atomic E-state index is 13.7. The summed E-state index contributed by atoms with van der Waals surface area (Å²) in [6, 6.07) is 26.8. The fourth-order valence-electron chi connectivity index (χ4n) is 5.32. The molecule has 0 aromatic heterocycles. The molecule has 5 aromatic rings. The predicted octanol–water partition coefficient (Wildman–Crippen LogP) is 6.74. The van der Waals surface area contributed by atoms with Crippen molar-refractivity contribution in [1.29, 1.82) is 0 Å². The average molecular weight is 563 g/mol. The van der Waals surface area contributed by atoms with Gasteiger partial charge in [0, 0.05) is 6.42 Å². The molecule has 0 radical (unpaired) electrons. The number of hydrogen-bond donors (Lipinski definition) is 2. The van der Waals surface area contributed by atoms with E-state index < -0.39 is 29.6 Å². The third-order valence-corrected chi connectivity index (χ3v) is 7.24. The molecular weight excluding hydrogens is 528 g/mol. The standard InChI is InChI=1S/C35H34N2O5/c1-21(26-18-16-25-15-14-23-12-9-13-24-17-19-27(26)30(25)29(23)24)31(33(39)41-5)37-32(38)28(20-22-10-7-6-8-11-22)36-34(40)42-35(2,3)4/h6-19,28H,20H2,1-5H3,(H,36,40)(H,37,38)/b31-21+. The Morgan fingerprint density at radius 1 is 0.786 bits per heavy atom. The first-order chi connectivity index (χ1) is 20.1. The molecule has 2 amide bonds. The van der Waals surface area contributed by atoms with Crippen LogP contribution in [0.1, 0.15) is 38.8 Å². The summed E-state index contributed by atoms with van der Waals surface area (Å²) in [5, 5.41) is 12.0. The van der Waals surface area contributed by atoms with Gasteiger partial charge in [0.15, 0.2) is 0 Å². The van der Waals surface area contributed by atoms with E-state index in [1.165, 1.54) is 7.11 Å². The zero-order valence-electron chi connectivity index (χ0n) is 24.4. The highest BCUT2D eigenvalue weighted by Gasteiger charge is 2.28. The van der Waals surface area contributed by atoms with Crippen molar-refractivity contribution >= 4 is 55.9 Å². The normalized spacial score (nSPS) is 13.1. The Labute approximate surface area is 244 Å². The van der Waals surface area contributed by atoms with E-state index in [4.69, 9.17) is 9.47 Å². The fourth-order valence-corrected chi connectivity index (χ4v) is 5.32. The van der Waals surface area contributed by atoms with Crippen LogP contribution < -0.4 is 10.6 Å². The summed E-state index contributed by atoms with van der Waals surface area (Å²) >= 11 is 0. The monoisotopic (exact) mass is 562 g/mol. The summed E-state index contributed by atoms with van der Waals surface area (Å²) in [5.74, 6) is -1.26. The van der Waals surface area contributed by atoms with E-state index in [2.05, 4.69) is 41.0 Å². The number of hydrogen-bond acceptors (Lipinski definition) is 5. The Morgan fingerprint density at radius 2 is 1.40 bits per heavy atom. The number of carbonyl (C=O) groups excluding carboxylic acids is 3. The van der Waals surface area contributed by atoms with Crippen LogP contribution in [0.3, 0.4) is 0 Å². The van der Waals surface area contributed by atoms with E-state index in [1.807, 2.05) is 54.6 Å². The number of carbonyl (C=O) groups is 3. The topological polar surface area (TPSA) is 93.7 Å². The lowest BCUT2D eigenvalue weighted by molar-refractivity contribution is -0.137. The summed E-state index contributed by atoms with van der Waals surface area (Å²) in [6.45, 7) is 7.02. The van der Waals surface area contributed by atoms with Gasteiger partial charge in [0.1, 0.15) is 17.3 Å². The molecule has 42 heavy (non-hydrogen) atoms. The van der Waals surface area contributed by atoms with Crippen LogP contribution in [0, 0.1) is 0 Å². The highest BCUT2D eigenvalue weighted by Crippen LogP contribution is 2.38. The van der Waals surface area contributed by atoms with Gasteiger partial charge in [-0.25, -0.2) is 9.59 Å². The molecule has 7 heteroatoms. The van der Waals surface area contributed by atoms with Gasteiger partial charge in [-0.1, -0.05) is 84.9 Å².